The van der Waals surface area contributed by atoms with Gasteiger partial charge < -0.3 is 30.7 Å². The van der Waals surface area contributed by atoms with Gasteiger partial charge in [0.2, 0.25) is 11.8 Å². The minimum Gasteiger partial charge on any atom is -0.481 e. The first kappa shape index (κ1) is 41.9. The molecular weight excluding hydrogens is 616 g/mol. The van der Waals surface area contributed by atoms with E-state index in [1.54, 1.807) is 37.3 Å². The van der Waals surface area contributed by atoms with Crippen molar-refractivity contribution in [2.24, 2.45) is 11.7 Å². The van der Waals surface area contributed by atoms with Crippen LogP contribution in [0.4, 0.5) is 0 Å². The largest absolute Gasteiger partial charge is 0.481 e. The lowest BCUT2D eigenvalue weighted by Crippen LogP contribution is -2.55. The van der Waals surface area contributed by atoms with Crippen LogP contribution in [0.2, 0.25) is 0 Å². The number of allylic oxidation sites excluding steroid dienone is 1. The number of hydrogen-bond acceptors (Lipinski definition) is 8. The predicted molar refractivity (Wildman–Crippen MR) is 183 cm³/mol. The summed E-state index contributed by atoms with van der Waals surface area (Å²) in [5, 5.41) is 23.7. The van der Waals surface area contributed by atoms with Crippen molar-refractivity contribution in [3.8, 4) is 17.6 Å². The number of carbonyl (C=O) groups is 5. The average molecular weight is 671 g/mol. The molecule has 0 unspecified atom stereocenters. The second kappa shape index (κ2) is 24.0. The first-order valence-electron chi connectivity index (χ1n) is 16.9. The van der Waals surface area contributed by atoms with Crippen molar-refractivity contribution in [1.82, 2.24) is 5.32 Å². The average Bonchev–Trinajstić information content (AvgIpc) is 3.04. The number of nitrogens with two attached hydrogens (primary N) is 1. The number of esters is 1. The van der Waals surface area contributed by atoms with Crippen molar-refractivity contribution >= 4 is 29.5 Å². The number of nitrogens with one attached hydrogen (secondary N) is 1. The van der Waals surface area contributed by atoms with E-state index in [1.807, 2.05) is 0 Å². The predicted octanol–water partition coefficient (Wildman–Crippen LogP) is 4.81. The van der Waals surface area contributed by atoms with Crippen LogP contribution in [0.25, 0.3) is 0 Å². The van der Waals surface area contributed by atoms with Crippen LogP contribution in [-0.2, 0) is 35.1 Å². The van der Waals surface area contributed by atoms with Crippen LogP contribution in [0.15, 0.2) is 36.4 Å². The molecule has 0 aromatic heterocycles. The Bertz CT molecular complexity index is 1250. The molecule has 0 radical (unpaired) electrons. The summed E-state index contributed by atoms with van der Waals surface area (Å²) in [6.07, 6.45) is 12.9. The lowest BCUT2D eigenvalue weighted by molar-refractivity contribution is -0.170. The van der Waals surface area contributed by atoms with Gasteiger partial charge in [0.1, 0.15) is 24.2 Å². The summed E-state index contributed by atoms with van der Waals surface area (Å²) < 4.78 is 10.3. The van der Waals surface area contributed by atoms with Crippen molar-refractivity contribution in [2.75, 3.05) is 13.2 Å². The van der Waals surface area contributed by atoms with Gasteiger partial charge in [-0.15, -0.1) is 5.92 Å². The molecule has 0 heterocycles. The highest BCUT2D eigenvalue weighted by Gasteiger charge is 2.47. The third-order valence-electron chi connectivity index (χ3n) is 7.93. The number of rotatable bonds is 26. The Morgan fingerprint density at radius 3 is 2.17 bits per heavy atom. The molecule has 2 amide bonds. The summed E-state index contributed by atoms with van der Waals surface area (Å²) in [6.45, 7) is 4.78. The Kier molecular flexibility index (Phi) is 21.0. The maximum atomic E-state index is 13.5. The molecule has 266 valence electrons. The molecule has 1 rings (SSSR count). The number of ketones is 1. The first-order valence-corrected chi connectivity index (χ1v) is 16.9. The van der Waals surface area contributed by atoms with Crippen LogP contribution < -0.4 is 15.8 Å². The van der Waals surface area contributed by atoms with E-state index < -0.39 is 54.3 Å². The van der Waals surface area contributed by atoms with E-state index in [0.29, 0.717) is 36.4 Å². The molecular formula is C37H54N2O9. The molecule has 1 aromatic carbocycles. The van der Waals surface area contributed by atoms with Crippen molar-refractivity contribution in [3.63, 3.8) is 0 Å². The number of carboxylic acid groups (broad SMARTS) is 1. The van der Waals surface area contributed by atoms with Gasteiger partial charge >= 0.3 is 11.9 Å². The number of hydrogen-bond donors (Lipinski definition) is 4. The van der Waals surface area contributed by atoms with E-state index in [1.165, 1.54) is 25.3 Å². The minimum atomic E-state index is -2.64. The number of carbonyl (C=O) groups excluding carboxylic acids is 4. The summed E-state index contributed by atoms with van der Waals surface area (Å²) in [6, 6.07) is 5.56. The Balaban J connectivity index is 2.89. The fraction of sp³-hybridized carbons (Fsp3) is 0.595. The number of carboxylic acids is 1. The second-order valence-corrected chi connectivity index (χ2v) is 11.9. The van der Waals surface area contributed by atoms with E-state index >= 15 is 0 Å². The molecule has 1 aromatic rings. The van der Waals surface area contributed by atoms with E-state index in [-0.39, 0.29) is 13.0 Å². The highest BCUT2D eigenvalue weighted by atomic mass is 16.5. The zero-order chi connectivity index (χ0) is 35.8. The first-order chi connectivity index (χ1) is 22.9. The minimum absolute atomic E-state index is 0.00681. The van der Waals surface area contributed by atoms with E-state index in [2.05, 4.69) is 24.1 Å². The van der Waals surface area contributed by atoms with Gasteiger partial charge in [-0.3, -0.25) is 19.2 Å². The highest BCUT2D eigenvalue weighted by Crippen LogP contribution is 2.26. The molecule has 0 bridgehead atoms. The van der Waals surface area contributed by atoms with Gasteiger partial charge in [0.05, 0.1) is 12.5 Å². The summed E-state index contributed by atoms with van der Waals surface area (Å²) in [5.41, 5.74) is 3.60. The van der Waals surface area contributed by atoms with Crippen LogP contribution in [0.5, 0.6) is 5.75 Å². The second-order valence-electron chi connectivity index (χ2n) is 11.9. The molecule has 0 saturated heterocycles. The zero-order valence-electron chi connectivity index (χ0n) is 28.8. The highest BCUT2D eigenvalue weighted by molar-refractivity contribution is 5.93. The van der Waals surface area contributed by atoms with Crippen molar-refractivity contribution < 1.29 is 43.7 Å². The standard InChI is InChI=1S/C37H54N2O9/c1-4-6-8-11-14-17-30(41)18-15-12-9-10-13-16-19-32(37(46,36(44)45)24-26-47-28(3)40)35(43)39-33(34(38)42)27-29-20-22-31(23-21-29)48-25-7-5-2/h16,19-23,32-33,46H,4,6,8-15,17-18,24-27H2,1-3H3,(H2,38,42)(H,39,43)(H,44,45)/t32-,33+,37+/m1/s1. The summed E-state index contributed by atoms with van der Waals surface area (Å²) >= 11 is 0. The molecule has 48 heavy (non-hydrogen) atoms. The number of aliphatic hydroxyl groups is 1. The Morgan fingerprint density at radius 2 is 1.60 bits per heavy atom. The Hall–Kier alpha value is -4.17. The molecule has 11 nitrogen and oxygen atoms in total. The van der Waals surface area contributed by atoms with Crippen molar-refractivity contribution in [3.05, 3.63) is 42.0 Å². The number of amides is 2. The topological polar surface area (TPSA) is 182 Å². The van der Waals surface area contributed by atoms with Crippen molar-refractivity contribution in [1.29, 1.82) is 0 Å². The number of ether oxygens (including phenoxy) is 2. The number of primary amides is 1. The number of aliphatic carboxylic acids is 1. The normalized spacial score (nSPS) is 13.4. The Labute approximate surface area is 285 Å². The smallest absolute Gasteiger partial charge is 0.336 e. The van der Waals surface area contributed by atoms with Gasteiger partial charge in [-0.1, -0.05) is 75.7 Å². The van der Waals surface area contributed by atoms with Crippen molar-refractivity contribution in [2.45, 2.75) is 122 Å². The quantitative estimate of drug-likeness (QED) is 0.0465. The van der Waals surface area contributed by atoms with Gasteiger partial charge in [0.15, 0.2) is 5.60 Å². The summed E-state index contributed by atoms with van der Waals surface area (Å²) in [5.74, 6) is 0.616. The van der Waals surface area contributed by atoms with Crippen LogP contribution in [0.3, 0.4) is 0 Å². The van der Waals surface area contributed by atoms with E-state index in [9.17, 15) is 34.2 Å². The maximum Gasteiger partial charge on any atom is 0.336 e. The van der Waals surface area contributed by atoms with E-state index in [0.717, 1.165) is 45.4 Å². The van der Waals surface area contributed by atoms with Crippen LogP contribution in [0, 0.1) is 17.8 Å². The molecule has 0 aliphatic carbocycles. The third kappa shape index (κ3) is 17.1. The SMILES string of the molecule is CC#CCOc1ccc(C[C@H](NC(=O)[C@@H](C=CCCCCCCC(=O)CCCCCCC)[C@@](O)(CCOC(C)=O)C(=O)O)C(N)=O)cc1. The van der Waals surface area contributed by atoms with Crippen LogP contribution >= 0.6 is 0 Å². The molecule has 0 aliphatic rings. The molecule has 0 spiro atoms. The molecule has 3 atom stereocenters. The Morgan fingerprint density at radius 1 is 0.979 bits per heavy atom. The van der Waals surface area contributed by atoms with Gasteiger partial charge in [0, 0.05) is 32.6 Å². The van der Waals surface area contributed by atoms with Gasteiger partial charge in [-0.2, -0.15) is 0 Å². The van der Waals surface area contributed by atoms with Gasteiger partial charge in [-0.25, -0.2) is 4.79 Å². The van der Waals surface area contributed by atoms with Crippen LogP contribution in [0.1, 0.15) is 110 Å². The van der Waals surface area contributed by atoms with Gasteiger partial charge in [-0.05, 0) is 50.3 Å². The van der Waals surface area contributed by atoms with Gasteiger partial charge in [0.25, 0.3) is 0 Å². The zero-order valence-corrected chi connectivity index (χ0v) is 28.8. The molecule has 0 aliphatic heterocycles. The number of Topliss-reactive ketones (excluding diaryl/α,β-unsaturated/α-hetero) is 1. The fourth-order valence-corrected chi connectivity index (χ4v) is 5.06. The molecule has 0 fully saturated rings. The maximum absolute atomic E-state index is 13.5. The lowest BCUT2D eigenvalue weighted by atomic mass is 9.83. The summed E-state index contributed by atoms with van der Waals surface area (Å²) in [7, 11) is 0. The lowest BCUT2D eigenvalue weighted by Gasteiger charge is -2.30. The fourth-order valence-electron chi connectivity index (χ4n) is 5.06. The molecule has 0 saturated carbocycles. The number of benzene rings is 1. The third-order valence-corrected chi connectivity index (χ3v) is 7.93. The molecule has 11 heteroatoms. The monoisotopic (exact) mass is 670 g/mol. The molecule has 5 N–H and O–H groups in total. The van der Waals surface area contributed by atoms with Crippen LogP contribution in [-0.4, -0.2) is 64.6 Å². The number of unbranched alkanes of at least 4 members (excludes halogenated alkanes) is 8. The summed E-state index contributed by atoms with van der Waals surface area (Å²) in [4.78, 5) is 61.6. The van der Waals surface area contributed by atoms with E-state index in [4.69, 9.17) is 15.2 Å².